The standard InChI is InChI=1S/C20H36N2O5/c1-13(2)17(23)22-16(18(24)21-12-20(4,5)19(25)26)14(3)27-11-15-9-7-6-8-10-15/h13-16H,6-12H2,1-5H3,(H,21,24)(H,22,23)(H,25,26). The Morgan fingerprint density at radius 1 is 1.07 bits per heavy atom. The summed E-state index contributed by atoms with van der Waals surface area (Å²) in [4.78, 5) is 36.0. The Hall–Kier alpha value is -1.63. The highest BCUT2D eigenvalue weighted by atomic mass is 16.5. The Bertz CT molecular complexity index is 513. The van der Waals surface area contributed by atoms with Crippen molar-refractivity contribution < 1.29 is 24.2 Å². The number of nitrogens with one attached hydrogen (secondary N) is 2. The Labute approximate surface area is 162 Å². The maximum Gasteiger partial charge on any atom is 0.310 e. The summed E-state index contributed by atoms with van der Waals surface area (Å²) in [6.45, 7) is 8.92. The number of carbonyl (C=O) groups excluding carboxylic acids is 2. The lowest BCUT2D eigenvalue weighted by molar-refractivity contribution is -0.147. The number of carbonyl (C=O) groups is 3. The number of aliphatic carboxylic acids is 1. The van der Waals surface area contributed by atoms with E-state index in [9.17, 15) is 19.5 Å². The molecule has 2 amide bonds. The fourth-order valence-corrected chi connectivity index (χ4v) is 2.95. The lowest BCUT2D eigenvalue weighted by Crippen LogP contribution is -2.55. The van der Waals surface area contributed by atoms with Crippen LogP contribution in [0.1, 0.15) is 66.7 Å². The van der Waals surface area contributed by atoms with Gasteiger partial charge in [-0.3, -0.25) is 14.4 Å². The molecule has 1 aliphatic rings. The second-order valence-corrected chi connectivity index (χ2v) is 8.59. The number of rotatable bonds is 10. The molecule has 7 nitrogen and oxygen atoms in total. The summed E-state index contributed by atoms with van der Waals surface area (Å²) >= 11 is 0. The lowest BCUT2D eigenvalue weighted by atomic mass is 9.90. The van der Waals surface area contributed by atoms with Crippen LogP contribution in [-0.2, 0) is 19.1 Å². The highest BCUT2D eigenvalue weighted by Crippen LogP contribution is 2.24. The minimum Gasteiger partial charge on any atom is -0.481 e. The molecule has 0 aliphatic heterocycles. The van der Waals surface area contributed by atoms with E-state index in [1.807, 2.05) is 0 Å². The Morgan fingerprint density at radius 3 is 2.19 bits per heavy atom. The van der Waals surface area contributed by atoms with Gasteiger partial charge in [0.2, 0.25) is 11.8 Å². The second kappa shape index (κ2) is 10.6. The first kappa shape index (κ1) is 23.4. The predicted molar refractivity (Wildman–Crippen MR) is 103 cm³/mol. The van der Waals surface area contributed by atoms with Crippen molar-refractivity contribution in [2.75, 3.05) is 13.2 Å². The molecular formula is C20H36N2O5. The van der Waals surface area contributed by atoms with Gasteiger partial charge in [-0.1, -0.05) is 33.1 Å². The average Bonchev–Trinajstić information content (AvgIpc) is 2.62. The molecule has 3 N–H and O–H groups in total. The molecule has 0 aromatic heterocycles. The van der Waals surface area contributed by atoms with Crippen molar-refractivity contribution in [2.24, 2.45) is 17.3 Å². The minimum atomic E-state index is -1.09. The Morgan fingerprint density at radius 2 is 1.67 bits per heavy atom. The third kappa shape index (κ3) is 7.87. The summed E-state index contributed by atoms with van der Waals surface area (Å²) in [5.74, 6) is -1.42. The quantitative estimate of drug-likeness (QED) is 0.536. The first-order chi connectivity index (χ1) is 12.5. The fourth-order valence-electron chi connectivity index (χ4n) is 2.95. The molecule has 1 aliphatic carbocycles. The zero-order valence-corrected chi connectivity index (χ0v) is 17.3. The van der Waals surface area contributed by atoms with Gasteiger partial charge in [-0.15, -0.1) is 0 Å². The van der Waals surface area contributed by atoms with Gasteiger partial charge in [-0.25, -0.2) is 0 Å². The smallest absolute Gasteiger partial charge is 0.310 e. The van der Waals surface area contributed by atoms with Gasteiger partial charge in [0.15, 0.2) is 0 Å². The second-order valence-electron chi connectivity index (χ2n) is 8.59. The summed E-state index contributed by atoms with van der Waals surface area (Å²) in [6.07, 6.45) is 5.45. The number of hydrogen-bond acceptors (Lipinski definition) is 4. The van der Waals surface area contributed by atoms with Crippen molar-refractivity contribution in [3.8, 4) is 0 Å². The molecule has 156 valence electrons. The van der Waals surface area contributed by atoms with Crippen molar-refractivity contribution in [1.29, 1.82) is 0 Å². The molecule has 1 rings (SSSR count). The predicted octanol–water partition coefficient (Wildman–Crippen LogP) is 2.34. The molecule has 27 heavy (non-hydrogen) atoms. The summed E-state index contributed by atoms with van der Waals surface area (Å²) in [7, 11) is 0. The molecule has 2 unspecified atom stereocenters. The number of amides is 2. The van der Waals surface area contributed by atoms with Gasteiger partial charge < -0.3 is 20.5 Å². The molecule has 1 fully saturated rings. The zero-order valence-electron chi connectivity index (χ0n) is 17.3. The molecule has 7 heteroatoms. The molecule has 0 aromatic carbocycles. The highest BCUT2D eigenvalue weighted by Gasteiger charge is 2.32. The average molecular weight is 385 g/mol. The van der Waals surface area contributed by atoms with Gasteiger partial charge in [-0.2, -0.15) is 0 Å². The maximum absolute atomic E-state index is 12.7. The van der Waals surface area contributed by atoms with E-state index >= 15 is 0 Å². The molecule has 1 saturated carbocycles. The molecule has 2 atom stereocenters. The topological polar surface area (TPSA) is 105 Å². The van der Waals surface area contributed by atoms with E-state index in [1.54, 1.807) is 34.6 Å². The number of carboxylic acid groups (broad SMARTS) is 1. The van der Waals surface area contributed by atoms with Crippen LogP contribution in [-0.4, -0.2) is 48.2 Å². The van der Waals surface area contributed by atoms with Crippen LogP contribution < -0.4 is 10.6 Å². The zero-order chi connectivity index (χ0) is 20.6. The third-order valence-corrected chi connectivity index (χ3v) is 5.18. The largest absolute Gasteiger partial charge is 0.481 e. The monoisotopic (exact) mass is 384 g/mol. The molecule has 0 radical (unpaired) electrons. The maximum atomic E-state index is 12.7. The Kier molecular flexibility index (Phi) is 9.22. The lowest BCUT2D eigenvalue weighted by Gasteiger charge is -2.29. The summed E-state index contributed by atoms with van der Waals surface area (Å²) in [5.41, 5.74) is -1.09. The van der Waals surface area contributed by atoms with Crippen LogP contribution >= 0.6 is 0 Å². The van der Waals surface area contributed by atoms with Gasteiger partial charge >= 0.3 is 5.97 Å². The van der Waals surface area contributed by atoms with Crippen LogP contribution in [0.25, 0.3) is 0 Å². The first-order valence-corrected chi connectivity index (χ1v) is 9.97. The first-order valence-electron chi connectivity index (χ1n) is 9.97. The van der Waals surface area contributed by atoms with Crippen LogP contribution in [0.15, 0.2) is 0 Å². The van der Waals surface area contributed by atoms with Gasteiger partial charge in [0.05, 0.1) is 11.5 Å². The van der Waals surface area contributed by atoms with Crippen LogP contribution in [0.2, 0.25) is 0 Å². The van der Waals surface area contributed by atoms with E-state index in [0.717, 1.165) is 12.8 Å². The molecule has 0 spiro atoms. The van der Waals surface area contributed by atoms with Crippen molar-refractivity contribution in [3.05, 3.63) is 0 Å². The van der Waals surface area contributed by atoms with Crippen molar-refractivity contribution >= 4 is 17.8 Å². The molecule has 0 saturated heterocycles. The summed E-state index contributed by atoms with van der Waals surface area (Å²) in [6, 6.07) is -0.854. The van der Waals surface area contributed by atoms with E-state index in [4.69, 9.17) is 4.74 Å². The SMILES string of the molecule is CC(C)C(=O)NC(C(=O)NCC(C)(C)C(=O)O)C(C)OCC1CCCCC1. The number of ether oxygens (including phenoxy) is 1. The Balaban J connectivity index is 2.70. The fraction of sp³-hybridized carbons (Fsp3) is 0.850. The number of hydrogen-bond donors (Lipinski definition) is 3. The van der Waals surface area contributed by atoms with E-state index in [0.29, 0.717) is 12.5 Å². The van der Waals surface area contributed by atoms with Gasteiger partial charge in [-0.05, 0) is 39.5 Å². The minimum absolute atomic E-state index is 0.0233. The van der Waals surface area contributed by atoms with E-state index in [1.165, 1.54) is 19.3 Å². The molecular weight excluding hydrogens is 348 g/mol. The summed E-state index contributed by atoms with van der Waals surface area (Å²) < 4.78 is 5.93. The van der Waals surface area contributed by atoms with E-state index < -0.39 is 29.4 Å². The van der Waals surface area contributed by atoms with Crippen molar-refractivity contribution in [1.82, 2.24) is 10.6 Å². The molecule has 0 bridgehead atoms. The van der Waals surface area contributed by atoms with E-state index in [-0.39, 0.29) is 18.4 Å². The summed E-state index contributed by atoms with van der Waals surface area (Å²) in [5, 5.41) is 14.6. The number of carboxylic acids is 1. The van der Waals surface area contributed by atoms with Crippen molar-refractivity contribution in [2.45, 2.75) is 78.9 Å². The van der Waals surface area contributed by atoms with Gasteiger partial charge in [0.1, 0.15) is 6.04 Å². The van der Waals surface area contributed by atoms with Crippen LogP contribution in [0.3, 0.4) is 0 Å². The molecule has 0 aromatic rings. The van der Waals surface area contributed by atoms with Crippen LogP contribution in [0.4, 0.5) is 0 Å². The van der Waals surface area contributed by atoms with Crippen LogP contribution in [0.5, 0.6) is 0 Å². The van der Waals surface area contributed by atoms with Gasteiger partial charge in [0.25, 0.3) is 0 Å². The normalized spacial score (nSPS) is 18.0. The van der Waals surface area contributed by atoms with Gasteiger partial charge in [0, 0.05) is 19.1 Å². The molecule has 0 heterocycles. The van der Waals surface area contributed by atoms with Crippen LogP contribution in [0, 0.1) is 17.3 Å². The third-order valence-electron chi connectivity index (χ3n) is 5.18. The highest BCUT2D eigenvalue weighted by molar-refractivity contribution is 5.89. The van der Waals surface area contributed by atoms with E-state index in [2.05, 4.69) is 10.6 Å². The van der Waals surface area contributed by atoms with Crippen molar-refractivity contribution in [3.63, 3.8) is 0 Å².